The van der Waals surface area contributed by atoms with Gasteiger partial charge in [-0.2, -0.15) is 0 Å². The summed E-state index contributed by atoms with van der Waals surface area (Å²) in [6.45, 7) is 7.67. The van der Waals surface area contributed by atoms with Crippen molar-refractivity contribution >= 4 is 10.9 Å². The van der Waals surface area contributed by atoms with Crippen LogP contribution in [0.2, 0.25) is 0 Å². The Hall–Kier alpha value is -1.65. The van der Waals surface area contributed by atoms with Crippen LogP contribution in [0, 0.1) is 5.41 Å². The molecule has 0 saturated heterocycles. The van der Waals surface area contributed by atoms with Gasteiger partial charge in [0.25, 0.3) is 0 Å². The van der Waals surface area contributed by atoms with E-state index in [1.54, 1.807) is 7.11 Å². The Morgan fingerprint density at radius 3 is 2.73 bits per heavy atom. The van der Waals surface area contributed by atoms with E-state index in [1.807, 2.05) is 25.1 Å². The van der Waals surface area contributed by atoms with E-state index in [1.165, 1.54) is 0 Å². The van der Waals surface area contributed by atoms with Crippen LogP contribution in [-0.2, 0) is 6.54 Å². The van der Waals surface area contributed by atoms with E-state index in [4.69, 9.17) is 4.74 Å². The summed E-state index contributed by atoms with van der Waals surface area (Å²) in [4.78, 5) is 4.55. The van der Waals surface area contributed by atoms with Gasteiger partial charge in [-0.15, -0.1) is 0 Å². The lowest BCUT2D eigenvalue weighted by Crippen LogP contribution is -2.31. The summed E-state index contributed by atoms with van der Waals surface area (Å²) in [6, 6.07) is 10.2. The molecule has 2 rings (SSSR count). The van der Waals surface area contributed by atoms with Gasteiger partial charge in [0.1, 0.15) is 0 Å². The van der Waals surface area contributed by atoms with Crippen molar-refractivity contribution in [1.29, 1.82) is 0 Å². The second-order valence-corrected chi connectivity index (χ2v) is 6.67. The molecule has 1 aromatic heterocycles. The van der Waals surface area contributed by atoms with Crippen LogP contribution in [0.1, 0.15) is 32.8 Å². The van der Waals surface area contributed by atoms with Gasteiger partial charge in [-0.1, -0.05) is 32.0 Å². The Kier molecular flexibility index (Phi) is 5.37. The molecular formula is C18H26N2O2. The molecule has 1 atom stereocenters. The first-order valence-corrected chi connectivity index (χ1v) is 7.73. The Morgan fingerprint density at radius 1 is 1.32 bits per heavy atom. The molecule has 1 unspecified atom stereocenters. The molecule has 0 bridgehead atoms. The highest BCUT2D eigenvalue weighted by atomic mass is 16.5. The zero-order chi connectivity index (χ0) is 16.2. The van der Waals surface area contributed by atoms with Crippen molar-refractivity contribution < 1.29 is 9.84 Å². The average Bonchev–Trinajstić information content (AvgIpc) is 2.44. The second-order valence-electron chi connectivity index (χ2n) is 6.67. The minimum absolute atomic E-state index is 0.0473. The number of rotatable bonds is 7. The summed E-state index contributed by atoms with van der Waals surface area (Å²) in [5, 5.41) is 14.1. The maximum atomic E-state index is 9.55. The fourth-order valence-electron chi connectivity index (χ4n) is 2.85. The average molecular weight is 302 g/mol. The summed E-state index contributed by atoms with van der Waals surface area (Å²) in [5.74, 6) is 0.666. The molecule has 0 fully saturated rings. The molecule has 2 N–H and O–H groups in total. The van der Waals surface area contributed by atoms with Gasteiger partial charge >= 0.3 is 0 Å². The van der Waals surface area contributed by atoms with Crippen molar-refractivity contribution in [2.45, 2.75) is 39.8 Å². The second kappa shape index (κ2) is 7.07. The van der Waals surface area contributed by atoms with Gasteiger partial charge in [-0.05, 0) is 30.9 Å². The fraction of sp³-hybridized carbons (Fsp3) is 0.500. The SMILES string of the molecule is COc1nc2ccccc2cc1CNCC(C)(C)CC(C)O. The molecule has 4 nitrogen and oxygen atoms in total. The minimum atomic E-state index is -0.284. The molecule has 4 heteroatoms. The molecule has 0 aliphatic rings. The lowest BCUT2D eigenvalue weighted by molar-refractivity contribution is 0.128. The first-order valence-electron chi connectivity index (χ1n) is 7.73. The number of aromatic nitrogens is 1. The van der Waals surface area contributed by atoms with E-state index in [0.29, 0.717) is 12.4 Å². The van der Waals surface area contributed by atoms with E-state index in [0.717, 1.165) is 29.4 Å². The first kappa shape index (κ1) is 16.7. The summed E-state index contributed by atoms with van der Waals surface area (Å²) in [6.07, 6.45) is 0.487. The van der Waals surface area contributed by atoms with Gasteiger partial charge in [0.05, 0.1) is 18.7 Å². The molecule has 1 aromatic carbocycles. The Balaban J connectivity index is 2.07. The topological polar surface area (TPSA) is 54.4 Å². The Morgan fingerprint density at radius 2 is 2.05 bits per heavy atom. The highest BCUT2D eigenvalue weighted by Gasteiger charge is 2.20. The number of hydrogen-bond donors (Lipinski definition) is 2. The number of hydrogen-bond acceptors (Lipinski definition) is 4. The highest BCUT2D eigenvalue weighted by Crippen LogP contribution is 2.24. The van der Waals surface area contributed by atoms with Gasteiger partial charge in [0.15, 0.2) is 0 Å². The number of aliphatic hydroxyl groups is 1. The number of ether oxygens (including phenoxy) is 1. The van der Waals surface area contributed by atoms with Crippen LogP contribution in [0.25, 0.3) is 10.9 Å². The van der Waals surface area contributed by atoms with Crippen LogP contribution in [-0.4, -0.2) is 29.8 Å². The molecule has 22 heavy (non-hydrogen) atoms. The first-order chi connectivity index (χ1) is 10.4. The lowest BCUT2D eigenvalue weighted by Gasteiger charge is -2.26. The fourth-order valence-corrected chi connectivity index (χ4v) is 2.85. The molecule has 1 heterocycles. The summed E-state index contributed by atoms with van der Waals surface area (Å²) in [7, 11) is 1.65. The molecule has 120 valence electrons. The van der Waals surface area contributed by atoms with Crippen LogP contribution < -0.4 is 10.1 Å². The Bertz CT molecular complexity index is 624. The van der Waals surface area contributed by atoms with Gasteiger partial charge in [0, 0.05) is 24.0 Å². The van der Waals surface area contributed by atoms with Crippen molar-refractivity contribution in [3.05, 3.63) is 35.9 Å². The van der Waals surface area contributed by atoms with Crippen LogP contribution in [0.5, 0.6) is 5.88 Å². The van der Waals surface area contributed by atoms with Crippen molar-refractivity contribution in [1.82, 2.24) is 10.3 Å². The van der Waals surface area contributed by atoms with Crippen molar-refractivity contribution in [2.24, 2.45) is 5.41 Å². The molecule has 0 spiro atoms. The van der Waals surface area contributed by atoms with E-state index in [9.17, 15) is 5.11 Å². The number of methoxy groups -OCH3 is 1. The van der Waals surface area contributed by atoms with Gasteiger partial charge < -0.3 is 15.2 Å². The minimum Gasteiger partial charge on any atom is -0.481 e. The van der Waals surface area contributed by atoms with E-state index < -0.39 is 0 Å². The number of fused-ring (bicyclic) bond motifs is 1. The maximum absolute atomic E-state index is 9.55. The summed E-state index contributed by atoms with van der Waals surface area (Å²) >= 11 is 0. The van der Waals surface area contributed by atoms with Crippen molar-refractivity contribution in [2.75, 3.05) is 13.7 Å². The molecule has 2 aromatic rings. The molecule has 0 amide bonds. The van der Waals surface area contributed by atoms with Gasteiger partial charge in [0.2, 0.25) is 5.88 Å². The smallest absolute Gasteiger partial charge is 0.218 e. The summed E-state index contributed by atoms with van der Waals surface area (Å²) < 4.78 is 5.41. The number of nitrogens with one attached hydrogen (secondary N) is 1. The maximum Gasteiger partial charge on any atom is 0.218 e. The van der Waals surface area contributed by atoms with E-state index >= 15 is 0 Å². The number of para-hydroxylation sites is 1. The number of pyridine rings is 1. The third kappa shape index (κ3) is 4.42. The third-order valence-electron chi connectivity index (χ3n) is 3.72. The largest absolute Gasteiger partial charge is 0.481 e. The molecule has 0 saturated carbocycles. The lowest BCUT2D eigenvalue weighted by atomic mass is 9.87. The zero-order valence-corrected chi connectivity index (χ0v) is 13.9. The van der Waals surface area contributed by atoms with E-state index in [-0.39, 0.29) is 11.5 Å². The van der Waals surface area contributed by atoms with Gasteiger partial charge in [-0.25, -0.2) is 4.98 Å². The number of aliphatic hydroxyl groups excluding tert-OH is 1. The number of benzene rings is 1. The molecular weight excluding hydrogens is 276 g/mol. The van der Waals surface area contributed by atoms with Crippen LogP contribution in [0.3, 0.4) is 0 Å². The van der Waals surface area contributed by atoms with E-state index in [2.05, 4.69) is 36.3 Å². The predicted octanol–water partition coefficient (Wildman–Crippen LogP) is 3.13. The number of nitrogens with zero attached hydrogens (tertiary/aromatic N) is 1. The predicted molar refractivity (Wildman–Crippen MR) is 90.1 cm³/mol. The quantitative estimate of drug-likeness (QED) is 0.825. The van der Waals surface area contributed by atoms with Gasteiger partial charge in [-0.3, -0.25) is 0 Å². The Labute approximate surface area is 132 Å². The molecule has 0 aliphatic heterocycles. The normalized spacial score (nSPS) is 13.3. The molecule has 0 radical (unpaired) electrons. The standard InChI is InChI=1S/C18H26N2O2/c1-13(21)10-18(2,3)12-19-11-15-9-14-7-5-6-8-16(14)20-17(15)22-4/h5-9,13,19,21H,10-12H2,1-4H3. The van der Waals surface area contributed by atoms with Crippen LogP contribution in [0.15, 0.2) is 30.3 Å². The summed E-state index contributed by atoms with van der Waals surface area (Å²) in [5.41, 5.74) is 2.04. The zero-order valence-electron chi connectivity index (χ0n) is 13.9. The van der Waals surface area contributed by atoms with Crippen molar-refractivity contribution in [3.63, 3.8) is 0 Å². The van der Waals surface area contributed by atoms with Crippen LogP contribution >= 0.6 is 0 Å². The van der Waals surface area contributed by atoms with Crippen molar-refractivity contribution in [3.8, 4) is 5.88 Å². The van der Waals surface area contributed by atoms with Crippen LogP contribution in [0.4, 0.5) is 0 Å². The monoisotopic (exact) mass is 302 g/mol. The highest BCUT2D eigenvalue weighted by molar-refractivity contribution is 5.80. The molecule has 0 aliphatic carbocycles. The third-order valence-corrected chi connectivity index (χ3v) is 3.72.